The fourth-order valence-corrected chi connectivity index (χ4v) is 3.74. The Morgan fingerprint density at radius 1 is 1.35 bits per heavy atom. The molecule has 0 aliphatic heterocycles. The zero-order chi connectivity index (χ0) is 14.6. The van der Waals surface area contributed by atoms with Crippen LogP contribution >= 0.6 is 0 Å². The van der Waals surface area contributed by atoms with E-state index < -0.39 is 0 Å². The molecule has 0 amide bonds. The van der Waals surface area contributed by atoms with Crippen molar-refractivity contribution in [3.8, 4) is 0 Å². The van der Waals surface area contributed by atoms with E-state index in [0.29, 0.717) is 6.04 Å². The molecule has 20 heavy (non-hydrogen) atoms. The number of nitrogens with one attached hydrogen (secondary N) is 1. The highest BCUT2D eigenvalue weighted by molar-refractivity contribution is 5.17. The molecule has 1 atom stereocenters. The lowest BCUT2D eigenvalue weighted by atomic mass is 9.84. The van der Waals surface area contributed by atoms with E-state index in [9.17, 15) is 0 Å². The molecule has 1 heterocycles. The SMILES string of the molecule is CCCn1nccc1C(NCC)C1(N(C)C)CCCC1. The van der Waals surface area contributed by atoms with Gasteiger partial charge in [-0.3, -0.25) is 4.68 Å². The van der Waals surface area contributed by atoms with E-state index in [1.807, 2.05) is 6.20 Å². The van der Waals surface area contributed by atoms with Crippen LogP contribution in [0, 0.1) is 0 Å². The van der Waals surface area contributed by atoms with Gasteiger partial charge in [-0.15, -0.1) is 0 Å². The first-order chi connectivity index (χ1) is 9.65. The first kappa shape index (κ1) is 15.5. The Hall–Kier alpha value is -0.870. The summed E-state index contributed by atoms with van der Waals surface area (Å²) in [6, 6.07) is 2.58. The van der Waals surface area contributed by atoms with Crippen LogP contribution in [-0.2, 0) is 6.54 Å². The molecule has 1 aromatic heterocycles. The lowest BCUT2D eigenvalue weighted by molar-refractivity contribution is 0.101. The second-order valence-electron chi connectivity index (χ2n) is 6.18. The van der Waals surface area contributed by atoms with Gasteiger partial charge in [0.05, 0.1) is 11.7 Å². The Bertz CT molecular complexity index is 404. The van der Waals surface area contributed by atoms with Crippen molar-refractivity contribution >= 4 is 0 Å². The minimum Gasteiger partial charge on any atom is -0.307 e. The van der Waals surface area contributed by atoms with Gasteiger partial charge in [0.1, 0.15) is 0 Å². The van der Waals surface area contributed by atoms with Crippen molar-refractivity contribution in [1.29, 1.82) is 0 Å². The molecule has 0 radical (unpaired) electrons. The number of nitrogens with zero attached hydrogens (tertiary/aromatic N) is 3. The second kappa shape index (κ2) is 6.72. The Morgan fingerprint density at radius 3 is 2.60 bits per heavy atom. The zero-order valence-corrected chi connectivity index (χ0v) is 13.5. The molecule has 0 aromatic carbocycles. The highest BCUT2D eigenvalue weighted by atomic mass is 15.3. The number of aryl methyl sites for hydroxylation is 1. The molecule has 2 rings (SSSR count). The van der Waals surface area contributed by atoms with Gasteiger partial charge in [0, 0.05) is 18.3 Å². The number of hydrogen-bond acceptors (Lipinski definition) is 3. The lowest BCUT2D eigenvalue weighted by Crippen LogP contribution is -2.52. The smallest absolute Gasteiger partial charge is 0.0678 e. The van der Waals surface area contributed by atoms with Gasteiger partial charge in [0.25, 0.3) is 0 Å². The molecular formula is C16H30N4. The molecule has 4 nitrogen and oxygen atoms in total. The summed E-state index contributed by atoms with van der Waals surface area (Å²) in [6.45, 7) is 6.42. The molecule has 1 N–H and O–H groups in total. The van der Waals surface area contributed by atoms with Crippen LogP contribution in [0.5, 0.6) is 0 Å². The van der Waals surface area contributed by atoms with E-state index >= 15 is 0 Å². The summed E-state index contributed by atoms with van der Waals surface area (Å²) in [5, 5.41) is 8.27. The average Bonchev–Trinajstić information content (AvgIpc) is 3.06. The number of likely N-dealkylation sites (N-methyl/N-ethyl adjacent to an activating group) is 2. The van der Waals surface area contributed by atoms with Gasteiger partial charge >= 0.3 is 0 Å². The van der Waals surface area contributed by atoms with Crippen molar-refractivity contribution < 1.29 is 0 Å². The number of aromatic nitrogens is 2. The van der Waals surface area contributed by atoms with Crippen molar-refractivity contribution in [1.82, 2.24) is 20.0 Å². The fourth-order valence-electron chi connectivity index (χ4n) is 3.74. The summed E-state index contributed by atoms with van der Waals surface area (Å²) in [6.07, 6.45) is 8.30. The van der Waals surface area contributed by atoms with Crippen LogP contribution < -0.4 is 5.32 Å². The van der Waals surface area contributed by atoms with Gasteiger partial charge in [-0.2, -0.15) is 5.10 Å². The molecule has 0 spiro atoms. The monoisotopic (exact) mass is 278 g/mol. The molecule has 114 valence electrons. The normalized spacial score (nSPS) is 19.6. The maximum atomic E-state index is 4.53. The molecule has 0 saturated heterocycles. The summed E-state index contributed by atoms with van der Waals surface area (Å²) in [7, 11) is 4.46. The fraction of sp³-hybridized carbons (Fsp3) is 0.812. The van der Waals surface area contributed by atoms with Crippen molar-refractivity contribution in [2.75, 3.05) is 20.6 Å². The molecule has 4 heteroatoms. The maximum Gasteiger partial charge on any atom is 0.0678 e. The van der Waals surface area contributed by atoms with Crippen molar-refractivity contribution in [3.05, 3.63) is 18.0 Å². The van der Waals surface area contributed by atoms with Gasteiger partial charge in [0.2, 0.25) is 0 Å². The zero-order valence-electron chi connectivity index (χ0n) is 13.5. The highest BCUT2D eigenvalue weighted by Crippen LogP contribution is 2.43. The van der Waals surface area contributed by atoms with E-state index in [1.165, 1.54) is 31.4 Å². The predicted molar refractivity (Wildman–Crippen MR) is 83.8 cm³/mol. The summed E-state index contributed by atoms with van der Waals surface area (Å²) in [5.74, 6) is 0. The highest BCUT2D eigenvalue weighted by Gasteiger charge is 2.44. The van der Waals surface area contributed by atoms with Crippen LogP contribution in [-0.4, -0.2) is 40.9 Å². The van der Waals surface area contributed by atoms with E-state index in [-0.39, 0.29) is 5.54 Å². The number of rotatable bonds is 7. The Morgan fingerprint density at radius 2 is 2.05 bits per heavy atom. The Labute approximate surface area is 123 Å². The van der Waals surface area contributed by atoms with Crippen LogP contribution in [0.4, 0.5) is 0 Å². The molecule has 1 saturated carbocycles. The third-order valence-corrected chi connectivity index (χ3v) is 4.79. The van der Waals surface area contributed by atoms with Crippen LogP contribution in [0.25, 0.3) is 0 Å². The summed E-state index contributed by atoms with van der Waals surface area (Å²) < 4.78 is 2.19. The average molecular weight is 278 g/mol. The quantitative estimate of drug-likeness (QED) is 0.832. The standard InChI is InChI=1S/C16H30N4/c1-5-13-20-14(9-12-18-20)15(17-6-2)16(19(3)4)10-7-8-11-16/h9,12,15,17H,5-8,10-11,13H2,1-4H3. The van der Waals surface area contributed by atoms with Crippen molar-refractivity contribution in [2.45, 2.75) is 64.1 Å². The van der Waals surface area contributed by atoms with Gasteiger partial charge < -0.3 is 10.2 Å². The molecular weight excluding hydrogens is 248 g/mol. The van der Waals surface area contributed by atoms with Gasteiger partial charge in [-0.05, 0) is 46.0 Å². The van der Waals surface area contributed by atoms with Gasteiger partial charge in [0.15, 0.2) is 0 Å². The molecule has 1 fully saturated rings. The minimum atomic E-state index is 0.238. The van der Waals surface area contributed by atoms with Gasteiger partial charge in [-0.25, -0.2) is 0 Å². The molecule has 1 aliphatic carbocycles. The maximum absolute atomic E-state index is 4.53. The van der Waals surface area contributed by atoms with E-state index in [2.05, 4.69) is 54.0 Å². The van der Waals surface area contributed by atoms with Crippen LogP contribution in [0.2, 0.25) is 0 Å². The largest absolute Gasteiger partial charge is 0.307 e. The third kappa shape index (κ3) is 2.77. The van der Waals surface area contributed by atoms with Crippen LogP contribution in [0.15, 0.2) is 12.3 Å². The van der Waals surface area contributed by atoms with E-state index in [0.717, 1.165) is 19.5 Å². The Balaban J connectivity index is 2.36. The molecule has 1 aliphatic rings. The molecule has 1 unspecified atom stereocenters. The van der Waals surface area contributed by atoms with E-state index in [1.54, 1.807) is 0 Å². The Kier molecular flexibility index (Phi) is 5.22. The number of hydrogen-bond donors (Lipinski definition) is 1. The first-order valence-corrected chi connectivity index (χ1v) is 8.08. The topological polar surface area (TPSA) is 33.1 Å². The summed E-state index contributed by atoms with van der Waals surface area (Å²) in [5.41, 5.74) is 1.59. The van der Waals surface area contributed by atoms with Crippen molar-refractivity contribution in [3.63, 3.8) is 0 Å². The van der Waals surface area contributed by atoms with Crippen LogP contribution in [0.3, 0.4) is 0 Å². The molecule has 1 aromatic rings. The first-order valence-electron chi connectivity index (χ1n) is 8.08. The van der Waals surface area contributed by atoms with Crippen LogP contribution in [0.1, 0.15) is 57.7 Å². The molecule has 0 bridgehead atoms. The minimum absolute atomic E-state index is 0.238. The third-order valence-electron chi connectivity index (χ3n) is 4.79. The summed E-state index contributed by atoms with van der Waals surface area (Å²) in [4.78, 5) is 2.44. The lowest BCUT2D eigenvalue weighted by Gasteiger charge is -2.43. The summed E-state index contributed by atoms with van der Waals surface area (Å²) >= 11 is 0. The van der Waals surface area contributed by atoms with Crippen molar-refractivity contribution in [2.24, 2.45) is 0 Å². The van der Waals surface area contributed by atoms with Gasteiger partial charge in [-0.1, -0.05) is 26.7 Å². The van der Waals surface area contributed by atoms with E-state index in [4.69, 9.17) is 0 Å². The second-order valence-corrected chi connectivity index (χ2v) is 6.18. The predicted octanol–water partition coefficient (Wildman–Crippen LogP) is 2.82.